The molecule has 0 saturated heterocycles. The van der Waals surface area contributed by atoms with Crippen molar-refractivity contribution in [3.63, 3.8) is 0 Å². The molecule has 0 saturated carbocycles. The number of benzene rings is 2. The van der Waals surface area contributed by atoms with Crippen molar-refractivity contribution in [1.29, 1.82) is 0 Å². The molecule has 1 amide bonds. The van der Waals surface area contributed by atoms with Crippen LogP contribution in [0.25, 0.3) is 6.08 Å². The van der Waals surface area contributed by atoms with Crippen molar-refractivity contribution >= 4 is 43.4 Å². The Kier molecular flexibility index (Phi) is 6.38. The maximum Gasteiger partial charge on any atom is 0.387 e. The van der Waals surface area contributed by atoms with E-state index in [4.69, 9.17) is 0 Å². The van der Waals surface area contributed by atoms with E-state index < -0.39 is 16.4 Å². The Balaban J connectivity index is 1.87. The summed E-state index contributed by atoms with van der Waals surface area (Å²) in [5, 5.41) is 0. The number of hydrogen-bond donors (Lipinski definition) is 0. The summed E-state index contributed by atoms with van der Waals surface area (Å²) in [4.78, 5) is 14.5. The maximum absolute atomic E-state index is 12.8. The second-order valence-electron chi connectivity index (χ2n) is 6.55. The summed E-state index contributed by atoms with van der Waals surface area (Å²) < 4.78 is 53.9. The summed E-state index contributed by atoms with van der Waals surface area (Å²) in [6, 6.07) is 9.23. The molecule has 0 atom stereocenters. The smallest absolute Gasteiger partial charge is 0.387 e. The Labute approximate surface area is 176 Å². The van der Waals surface area contributed by atoms with E-state index in [1.54, 1.807) is 29.2 Å². The highest BCUT2D eigenvalue weighted by Gasteiger charge is 2.22. The average molecular weight is 486 g/mol. The summed E-state index contributed by atoms with van der Waals surface area (Å²) in [5.41, 5.74) is 1.76. The van der Waals surface area contributed by atoms with Crippen LogP contribution in [0, 0.1) is 0 Å². The average Bonchev–Trinajstić information content (AvgIpc) is 2.66. The van der Waals surface area contributed by atoms with Crippen LogP contribution in [0.2, 0.25) is 0 Å². The van der Waals surface area contributed by atoms with Crippen molar-refractivity contribution in [3.8, 4) is 5.75 Å². The number of alkyl halides is 2. The molecule has 0 fully saturated rings. The first kappa shape index (κ1) is 21.4. The van der Waals surface area contributed by atoms with Crippen LogP contribution in [0.4, 0.5) is 14.5 Å². The standard InChI is InChI=1S/C20H18BrF2NO4S/c1-29(26,27)16-6-7-17-13(12-16)3-2-10-24(17)19(25)9-4-14-11-15(21)5-8-18(14)28-20(22)23/h4-9,11-12,20H,2-3,10H2,1H3/b9-4+. The molecule has 1 heterocycles. The maximum atomic E-state index is 12.8. The van der Waals surface area contributed by atoms with Gasteiger partial charge in [0.05, 0.1) is 4.90 Å². The van der Waals surface area contributed by atoms with Crippen LogP contribution in [-0.4, -0.2) is 33.7 Å². The summed E-state index contributed by atoms with van der Waals surface area (Å²) in [6.07, 6.45) is 5.21. The normalized spacial score (nSPS) is 14.3. The molecule has 0 spiro atoms. The van der Waals surface area contributed by atoms with E-state index in [-0.39, 0.29) is 16.6 Å². The molecule has 2 aromatic rings. The summed E-state index contributed by atoms with van der Waals surface area (Å²) in [5.74, 6) is -0.370. The van der Waals surface area contributed by atoms with Gasteiger partial charge in [0, 0.05) is 34.6 Å². The minimum Gasteiger partial charge on any atom is -0.434 e. The first-order valence-corrected chi connectivity index (χ1v) is 11.4. The Morgan fingerprint density at radius 2 is 2.00 bits per heavy atom. The molecule has 9 heteroatoms. The van der Waals surface area contributed by atoms with Gasteiger partial charge in [-0.15, -0.1) is 0 Å². The van der Waals surface area contributed by atoms with Crippen LogP contribution in [0.15, 0.2) is 51.8 Å². The van der Waals surface area contributed by atoms with Gasteiger partial charge in [-0.3, -0.25) is 4.79 Å². The van der Waals surface area contributed by atoms with E-state index in [0.717, 1.165) is 11.8 Å². The van der Waals surface area contributed by atoms with Gasteiger partial charge >= 0.3 is 6.61 Å². The molecule has 3 rings (SSSR count). The number of rotatable bonds is 5. The van der Waals surface area contributed by atoms with Crippen LogP contribution < -0.4 is 9.64 Å². The molecule has 1 aliphatic heterocycles. The summed E-state index contributed by atoms with van der Waals surface area (Å²) >= 11 is 3.27. The SMILES string of the molecule is CS(=O)(=O)c1ccc2c(c1)CCCN2C(=O)/C=C/c1cc(Br)ccc1OC(F)F. The topological polar surface area (TPSA) is 63.7 Å². The number of anilines is 1. The van der Waals surface area contributed by atoms with Gasteiger partial charge in [-0.25, -0.2) is 8.42 Å². The number of carbonyl (C=O) groups is 1. The van der Waals surface area contributed by atoms with Gasteiger partial charge in [-0.05, 0) is 60.9 Å². The Hall–Kier alpha value is -2.26. The third kappa shape index (κ3) is 5.22. The lowest BCUT2D eigenvalue weighted by molar-refractivity contribution is -0.114. The highest BCUT2D eigenvalue weighted by Crippen LogP contribution is 2.30. The number of ether oxygens (including phenoxy) is 1. The van der Waals surface area contributed by atoms with Crippen molar-refractivity contribution in [1.82, 2.24) is 0 Å². The number of carbonyl (C=O) groups excluding carboxylic acids is 1. The zero-order valence-corrected chi connectivity index (χ0v) is 17.8. The molecule has 2 aromatic carbocycles. The van der Waals surface area contributed by atoms with Crippen LogP contribution in [0.3, 0.4) is 0 Å². The highest BCUT2D eigenvalue weighted by atomic mass is 79.9. The lowest BCUT2D eigenvalue weighted by atomic mass is 10.0. The first-order chi connectivity index (χ1) is 13.6. The summed E-state index contributed by atoms with van der Waals surface area (Å²) in [6.45, 7) is -2.50. The van der Waals surface area contributed by atoms with Gasteiger partial charge in [0.1, 0.15) is 5.75 Å². The Bertz CT molecular complexity index is 1070. The van der Waals surface area contributed by atoms with E-state index in [9.17, 15) is 22.0 Å². The summed E-state index contributed by atoms with van der Waals surface area (Å²) in [7, 11) is -3.34. The quantitative estimate of drug-likeness (QED) is 0.587. The highest BCUT2D eigenvalue weighted by molar-refractivity contribution is 9.10. The molecule has 0 unspecified atom stereocenters. The van der Waals surface area contributed by atoms with Gasteiger partial charge in [-0.1, -0.05) is 15.9 Å². The lowest BCUT2D eigenvalue weighted by Crippen LogP contribution is -2.34. The fourth-order valence-corrected chi connectivity index (χ4v) is 4.19. The molecule has 0 aromatic heterocycles. The number of nitrogens with zero attached hydrogens (tertiary/aromatic N) is 1. The number of sulfone groups is 1. The van der Waals surface area contributed by atoms with Gasteiger partial charge in [0.25, 0.3) is 5.91 Å². The fraction of sp³-hybridized carbons (Fsp3) is 0.250. The van der Waals surface area contributed by atoms with Gasteiger partial charge in [0.2, 0.25) is 0 Å². The second kappa shape index (κ2) is 8.62. The number of aryl methyl sites for hydroxylation is 1. The molecule has 0 bridgehead atoms. The van der Waals surface area contributed by atoms with E-state index in [1.165, 1.54) is 24.3 Å². The first-order valence-electron chi connectivity index (χ1n) is 8.72. The minimum absolute atomic E-state index is 0.0379. The van der Waals surface area contributed by atoms with E-state index in [0.29, 0.717) is 35.1 Å². The van der Waals surface area contributed by atoms with Crippen LogP contribution in [-0.2, 0) is 21.1 Å². The number of amides is 1. The molecule has 154 valence electrons. The Morgan fingerprint density at radius 3 is 2.69 bits per heavy atom. The van der Waals surface area contributed by atoms with Crippen molar-refractivity contribution in [3.05, 3.63) is 58.1 Å². The van der Waals surface area contributed by atoms with Crippen LogP contribution in [0.1, 0.15) is 17.5 Å². The molecular weight excluding hydrogens is 468 g/mol. The Morgan fingerprint density at radius 1 is 1.24 bits per heavy atom. The largest absolute Gasteiger partial charge is 0.434 e. The number of halogens is 3. The molecule has 0 aliphatic carbocycles. The lowest BCUT2D eigenvalue weighted by Gasteiger charge is -2.29. The van der Waals surface area contributed by atoms with Crippen LogP contribution >= 0.6 is 15.9 Å². The predicted molar refractivity (Wildman–Crippen MR) is 110 cm³/mol. The zero-order valence-electron chi connectivity index (χ0n) is 15.4. The monoisotopic (exact) mass is 485 g/mol. The second-order valence-corrected chi connectivity index (χ2v) is 9.48. The molecule has 0 radical (unpaired) electrons. The molecule has 29 heavy (non-hydrogen) atoms. The van der Waals surface area contributed by atoms with Crippen LogP contribution in [0.5, 0.6) is 5.75 Å². The van der Waals surface area contributed by atoms with Gasteiger partial charge in [0.15, 0.2) is 9.84 Å². The molecule has 1 aliphatic rings. The van der Waals surface area contributed by atoms with Crippen molar-refractivity contribution in [2.24, 2.45) is 0 Å². The third-order valence-electron chi connectivity index (χ3n) is 4.46. The molecule has 0 N–H and O–H groups in total. The predicted octanol–water partition coefficient (Wildman–Crippen LogP) is 4.45. The number of hydrogen-bond acceptors (Lipinski definition) is 4. The molecular formula is C20H18BrF2NO4S. The fourth-order valence-electron chi connectivity index (χ4n) is 3.14. The minimum atomic E-state index is -3.34. The van der Waals surface area contributed by atoms with E-state index in [2.05, 4.69) is 20.7 Å². The van der Waals surface area contributed by atoms with Gasteiger partial charge in [-0.2, -0.15) is 8.78 Å². The molecule has 5 nitrogen and oxygen atoms in total. The van der Waals surface area contributed by atoms with Crippen molar-refractivity contribution in [2.75, 3.05) is 17.7 Å². The van der Waals surface area contributed by atoms with Crippen molar-refractivity contribution in [2.45, 2.75) is 24.3 Å². The van der Waals surface area contributed by atoms with Crippen molar-refractivity contribution < 1.29 is 26.7 Å². The zero-order chi connectivity index (χ0) is 21.2. The van der Waals surface area contributed by atoms with E-state index in [1.807, 2.05) is 0 Å². The third-order valence-corrected chi connectivity index (χ3v) is 6.06. The number of fused-ring (bicyclic) bond motifs is 1. The van der Waals surface area contributed by atoms with E-state index >= 15 is 0 Å². The van der Waals surface area contributed by atoms with Gasteiger partial charge < -0.3 is 9.64 Å².